The molecule has 0 fully saturated rings. The summed E-state index contributed by atoms with van der Waals surface area (Å²) in [5.41, 5.74) is -0.797. The molecule has 0 aliphatic carbocycles. The van der Waals surface area contributed by atoms with Gasteiger partial charge in [0.15, 0.2) is 0 Å². The topological polar surface area (TPSA) is 66.8 Å². The van der Waals surface area contributed by atoms with Crippen LogP contribution in [0.4, 0.5) is 13.2 Å². The predicted molar refractivity (Wildman–Crippen MR) is 80.3 cm³/mol. The Morgan fingerprint density at radius 3 is 2.25 bits per heavy atom. The lowest BCUT2D eigenvalue weighted by molar-refractivity contribution is -0.141. The Balaban J connectivity index is 2.99. The standard InChI is InChI=1S/C16H20F3NO4/c1-3-13(10-21)20(9-8-14(22)24-2)15(23)11-4-6-12(7-5-11)16(17,18)19/h4-7,13,21H,3,8-10H2,1-2H3. The molecule has 5 nitrogen and oxygen atoms in total. The van der Waals surface area contributed by atoms with Crippen LogP contribution in [0.1, 0.15) is 35.7 Å². The Kier molecular flexibility index (Phi) is 7.21. The number of alkyl halides is 3. The lowest BCUT2D eigenvalue weighted by Gasteiger charge is -2.30. The Hall–Kier alpha value is -2.09. The molecule has 134 valence electrons. The zero-order valence-corrected chi connectivity index (χ0v) is 13.5. The maximum absolute atomic E-state index is 12.6. The summed E-state index contributed by atoms with van der Waals surface area (Å²) >= 11 is 0. The van der Waals surface area contributed by atoms with Gasteiger partial charge in [-0.25, -0.2) is 0 Å². The fourth-order valence-electron chi connectivity index (χ4n) is 2.18. The number of aliphatic hydroxyl groups is 1. The maximum atomic E-state index is 12.6. The molecule has 1 N–H and O–H groups in total. The summed E-state index contributed by atoms with van der Waals surface area (Å²) < 4.78 is 42.3. The van der Waals surface area contributed by atoms with Crippen LogP contribution in [0.3, 0.4) is 0 Å². The lowest BCUT2D eigenvalue weighted by atomic mass is 10.1. The fourth-order valence-corrected chi connectivity index (χ4v) is 2.18. The van der Waals surface area contributed by atoms with Gasteiger partial charge in [-0.05, 0) is 30.7 Å². The molecule has 1 rings (SSSR count). The highest BCUT2D eigenvalue weighted by molar-refractivity contribution is 5.94. The van der Waals surface area contributed by atoms with E-state index in [0.29, 0.717) is 6.42 Å². The maximum Gasteiger partial charge on any atom is 0.416 e. The van der Waals surface area contributed by atoms with Gasteiger partial charge in [0.25, 0.3) is 5.91 Å². The molecule has 0 saturated carbocycles. The first-order chi connectivity index (χ1) is 11.2. The molecule has 0 aromatic heterocycles. The van der Waals surface area contributed by atoms with Crippen LogP contribution in [0.25, 0.3) is 0 Å². The summed E-state index contributed by atoms with van der Waals surface area (Å²) in [6, 6.07) is 3.28. The normalized spacial score (nSPS) is 12.6. The van der Waals surface area contributed by atoms with E-state index >= 15 is 0 Å². The highest BCUT2D eigenvalue weighted by Gasteiger charge is 2.31. The molecular formula is C16H20F3NO4. The smallest absolute Gasteiger partial charge is 0.416 e. The van der Waals surface area contributed by atoms with Crippen molar-refractivity contribution in [3.8, 4) is 0 Å². The number of esters is 1. The predicted octanol–water partition coefficient (Wildman–Crippen LogP) is 2.48. The van der Waals surface area contributed by atoms with Gasteiger partial charge in [-0.3, -0.25) is 9.59 Å². The van der Waals surface area contributed by atoms with Crippen molar-refractivity contribution in [3.05, 3.63) is 35.4 Å². The molecule has 8 heteroatoms. The number of hydrogen-bond donors (Lipinski definition) is 1. The van der Waals surface area contributed by atoms with E-state index < -0.39 is 29.7 Å². The highest BCUT2D eigenvalue weighted by Crippen LogP contribution is 2.29. The van der Waals surface area contributed by atoms with E-state index in [1.54, 1.807) is 6.92 Å². The molecule has 1 atom stereocenters. The summed E-state index contributed by atoms with van der Waals surface area (Å²) in [5, 5.41) is 9.41. The zero-order chi connectivity index (χ0) is 18.3. The van der Waals surface area contributed by atoms with Crippen molar-refractivity contribution < 1.29 is 32.6 Å². The third-order valence-corrected chi connectivity index (χ3v) is 3.63. The van der Waals surface area contributed by atoms with Gasteiger partial charge in [0, 0.05) is 12.1 Å². The van der Waals surface area contributed by atoms with Crippen LogP contribution in [-0.2, 0) is 15.7 Å². The second-order valence-electron chi connectivity index (χ2n) is 5.14. The zero-order valence-electron chi connectivity index (χ0n) is 13.5. The molecule has 24 heavy (non-hydrogen) atoms. The van der Waals surface area contributed by atoms with Crippen LogP contribution in [0, 0.1) is 0 Å². The molecule has 1 amide bonds. The molecular weight excluding hydrogens is 327 g/mol. The van der Waals surface area contributed by atoms with Gasteiger partial charge in [0.2, 0.25) is 0 Å². The van der Waals surface area contributed by atoms with Crippen molar-refractivity contribution in [1.82, 2.24) is 4.90 Å². The number of ether oxygens (including phenoxy) is 1. The average molecular weight is 347 g/mol. The number of methoxy groups -OCH3 is 1. The number of rotatable bonds is 7. The first-order valence-corrected chi connectivity index (χ1v) is 7.40. The minimum atomic E-state index is -4.48. The third-order valence-electron chi connectivity index (χ3n) is 3.63. The van der Waals surface area contributed by atoms with E-state index in [-0.39, 0.29) is 25.1 Å². The molecule has 0 bridgehead atoms. The SMILES string of the molecule is CCC(CO)N(CCC(=O)OC)C(=O)c1ccc(C(F)(F)F)cc1. The minimum absolute atomic E-state index is 0.00555. The number of nitrogens with zero attached hydrogens (tertiary/aromatic N) is 1. The van der Waals surface area contributed by atoms with Gasteiger partial charge in [0.1, 0.15) is 0 Å². The lowest BCUT2D eigenvalue weighted by Crippen LogP contribution is -2.43. The van der Waals surface area contributed by atoms with Crippen molar-refractivity contribution in [3.63, 3.8) is 0 Å². The first-order valence-electron chi connectivity index (χ1n) is 7.40. The van der Waals surface area contributed by atoms with Crippen molar-refractivity contribution in [2.75, 3.05) is 20.3 Å². The quantitative estimate of drug-likeness (QED) is 0.770. The number of carbonyl (C=O) groups excluding carboxylic acids is 2. The van der Waals surface area contributed by atoms with Gasteiger partial charge in [-0.1, -0.05) is 6.92 Å². The Morgan fingerprint density at radius 2 is 1.83 bits per heavy atom. The number of aliphatic hydroxyl groups excluding tert-OH is 1. The van der Waals surface area contributed by atoms with Crippen LogP contribution >= 0.6 is 0 Å². The molecule has 0 radical (unpaired) electrons. The van der Waals surface area contributed by atoms with Gasteiger partial charge in [0.05, 0.1) is 31.7 Å². The summed E-state index contributed by atoms with van der Waals surface area (Å²) in [4.78, 5) is 25.1. The fraction of sp³-hybridized carbons (Fsp3) is 0.500. The Morgan fingerprint density at radius 1 is 1.25 bits per heavy atom. The second kappa shape index (κ2) is 8.68. The largest absolute Gasteiger partial charge is 0.469 e. The molecule has 0 heterocycles. The van der Waals surface area contributed by atoms with Crippen molar-refractivity contribution >= 4 is 11.9 Å². The van der Waals surface area contributed by atoms with E-state index in [0.717, 1.165) is 24.3 Å². The Bertz CT molecular complexity index is 553. The van der Waals surface area contributed by atoms with Crippen molar-refractivity contribution in [2.45, 2.75) is 32.0 Å². The molecule has 0 aliphatic heterocycles. The van der Waals surface area contributed by atoms with Gasteiger partial charge in [-0.2, -0.15) is 13.2 Å². The molecule has 1 aromatic rings. The van der Waals surface area contributed by atoms with Crippen LogP contribution < -0.4 is 0 Å². The van der Waals surface area contributed by atoms with E-state index in [2.05, 4.69) is 4.74 Å². The number of carbonyl (C=O) groups is 2. The number of halogens is 3. The van der Waals surface area contributed by atoms with Gasteiger partial charge >= 0.3 is 12.1 Å². The molecule has 1 aromatic carbocycles. The molecule has 0 spiro atoms. The summed E-state index contributed by atoms with van der Waals surface area (Å²) in [6.45, 7) is 1.45. The molecule has 0 saturated heterocycles. The van der Waals surface area contributed by atoms with Crippen molar-refractivity contribution in [1.29, 1.82) is 0 Å². The number of amides is 1. The number of benzene rings is 1. The van der Waals surface area contributed by atoms with Crippen LogP contribution in [0.2, 0.25) is 0 Å². The summed E-state index contributed by atoms with van der Waals surface area (Å²) in [5.74, 6) is -1.07. The first kappa shape index (κ1) is 20.0. The van der Waals surface area contributed by atoms with E-state index in [4.69, 9.17) is 0 Å². The average Bonchev–Trinajstić information content (AvgIpc) is 2.57. The second-order valence-corrected chi connectivity index (χ2v) is 5.14. The van der Waals surface area contributed by atoms with Crippen LogP contribution in [0.5, 0.6) is 0 Å². The van der Waals surface area contributed by atoms with Crippen LogP contribution in [-0.4, -0.2) is 48.2 Å². The van der Waals surface area contributed by atoms with Crippen LogP contribution in [0.15, 0.2) is 24.3 Å². The molecule has 0 aliphatic rings. The Labute approximate surface area is 138 Å². The van der Waals surface area contributed by atoms with E-state index in [1.807, 2.05) is 0 Å². The van der Waals surface area contributed by atoms with E-state index in [9.17, 15) is 27.9 Å². The van der Waals surface area contributed by atoms with Gasteiger partial charge < -0.3 is 14.7 Å². The third kappa shape index (κ3) is 5.23. The van der Waals surface area contributed by atoms with E-state index in [1.165, 1.54) is 12.0 Å². The molecule has 1 unspecified atom stereocenters. The number of hydrogen-bond acceptors (Lipinski definition) is 4. The highest BCUT2D eigenvalue weighted by atomic mass is 19.4. The minimum Gasteiger partial charge on any atom is -0.469 e. The monoisotopic (exact) mass is 347 g/mol. The summed E-state index contributed by atoms with van der Waals surface area (Å²) in [7, 11) is 1.22. The van der Waals surface area contributed by atoms with Gasteiger partial charge in [-0.15, -0.1) is 0 Å². The van der Waals surface area contributed by atoms with Crippen molar-refractivity contribution in [2.24, 2.45) is 0 Å². The summed E-state index contributed by atoms with van der Waals surface area (Å²) in [6.07, 6.45) is -4.12.